The number of aromatic nitrogens is 2. The Morgan fingerprint density at radius 2 is 2.43 bits per heavy atom. The summed E-state index contributed by atoms with van der Waals surface area (Å²) in [6.45, 7) is 1.45. The minimum absolute atomic E-state index is 0.0120. The normalized spacial score (nSPS) is 19.0. The molecule has 2 aromatic rings. The van der Waals surface area contributed by atoms with Gasteiger partial charge in [-0.05, 0) is 31.0 Å². The first-order valence-corrected chi connectivity index (χ1v) is 8.53. The van der Waals surface area contributed by atoms with Crippen LogP contribution in [0.5, 0.6) is 0 Å². The molecule has 5 nitrogen and oxygen atoms in total. The van der Waals surface area contributed by atoms with Crippen LogP contribution >= 0.6 is 27.7 Å². The number of carboxylic acid groups (broad SMARTS) is 1. The van der Waals surface area contributed by atoms with Crippen LogP contribution in [0.4, 0.5) is 0 Å². The molecule has 1 unspecified atom stereocenters. The molecular formula is C14H15BrN2O3S. The molecule has 1 aromatic carbocycles. The van der Waals surface area contributed by atoms with E-state index in [2.05, 4.69) is 25.5 Å². The number of rotatable bonds is 4. The molecular weight excluding hydrogens is 356 g/mol. The average molecular weight is 371 g/mol. The number of hydrogen-bond donors (Lipinski definition) is 1. The van der Waals surface area contributed by atoms with E-state index in [1.165, 1.54) is 11.8 Å². The van der Waals surface area contributed by atoms with E-state index in [1.54, 1.807) is 0 Å². The highest BCUT2D eigenvalue weighted by Crippen LogP contribution is 2.32. The maximum absolute atomic E-state index is 10.8. The number of carbonyl (C=O) groups is 1. The number of aliphatic carboxylic acids is 1. The van der Waals surface area contributed by atoms with Crippen LogP contribution in [0.1, 0.15) is 18.9 Å². The van der Waals surface area contributed by atoms with Crippen molar-refractivity contribution in [2.24, 2.45) is 0 Å². The first kappa shape index (κ1) is 14.9. The van der Waals surface area contributed by atoms with Gasteiger partial charge in [0, 0.05) is 11.1 Å². The number of halogens is 1. The topological polar surface area (TPSA) is 64.3 Å². The molecule has 0 bridgehead atoms. The van der Waals surface area contributed by atoms with Gasteiger partial charge in [-0.15, -0.1) is 0 Å². The minimum Gasteiger partial charge on any atom is -0.481 e. The number of thioether (sulfide) groups is 1. The summed E-state index contributed by atoms with van der Waals surface area (Å²) in [4.78, 5) is 15.4. The molecule has 0 saturated carbocycles. The summed E-state index contributed by atoms with van der Waals surface area (Å²) >= 11 is 4.71. The third-order valence-electron chi connectivity index (χ3n) is 3.45. The molecule has 1 saturated heterocycles. The van der Waals surface area contributed by atoms with Crippen molar-refractivity contribution >= 4 is 44.7 Å². The molecule has 1 N–H and O–H groups in total. The highest BCUT2D eigenvalue weighted by molar-refractivity contribution is 9.10. The molecule has 1 fully saturated rings. The van der Waals surface area contributed by atoms with E-state index >= 15 is 0 Å². The Hall–Kier alpha value is -1.05. The van der Waals surface area contributed by atoms with E-state index in [1.807, 2.05) is 18.2 Å². The van der Waals surface area contributed by atoms with Gasteiger partial charge in [0.1, 0.15) is 0 Å². The van der Waals surface area contributed by atoms with Gasteiger partial charge in [-0.1, -0.05) is 27.7 Å². The first-order chi connectivity index (χ1) is 10.1. The van der Waals surface area contributed by atoms with E-state index in [-0.39, 0.29) is 11.8 Å². The fourth-order valence-electron chi connectivity index (χ4n) is 2.56. The van der Waals surface area contributed by atoms with E-state index in [4.69, 9.17) is 9.84 Å². The predicted molar refractivity (Wildman–Crippen MR) is 84.9 cm³/mol. The van der Waals surface area contributed by atoms with Gasteiger partial charge < -0.3 is 14.4 Å². The van der Waals surface area contributed by atoms with Crippen molar-refractivity contribution in [1.82, 2.24) is 9.55 Å². The second-order valence-corrected chi connectivity index (χ2v) is 6.81. The SMILES string of the molecule is O=C(O)CSc1nc2cc(Br)ccc2n1C1CCCOC1. The van der Waals surface area contributed by atoms with E-state index in [0.717, 1.165) is 40.1 Å². The molecule has 2 heterocycles. The average Bonchev–Trinajstić information content (AvgIpc) is 2.83. The first-order valence-electron chi connectivity index (χ1n) is 6.75. The van der Waals surface area contributed by atoms with Gasteiger partial charge in [0.25, 0.3) is 0 Å². The molecule has 0 spiro atoms. The van der Waals surface area contributed by atoms with Crippen LogP contribution in [0.2, 0.25) is 0 Å². The van der Waals surface area contributed by atoms with Crippen LogP contribution in [0.15, 0.2) is 27.8 Å². The summed E-state index contributed by atoms with van der Waals surface area (Å²) < 4.78 is 8.68. The Morgan fingerprint density at radius 1 is 1.57 bits per heavy atom. The van der Waals surface area contributed by atoms with Crippen LogP contribution < -0.4 is 0 Å². The highest BCUT2D eigenvalue weighted by Gasteiger charge is 2.22. The number of imidazole rings is 1. The van der Waals surface area contributed by atoms with Gasteiger partial charge in [-0.2, -0.15) is 0 Å². The quantitative estimate of drug-likeness (QED) is 0.836. The van der Waals surface area contributed by atoms with Crippen molar-refractivity contribution in [2.75, 3.05) is 19.0 Å². The summed E-state index contributed by atoms with van der Waals surface area (Å²) in [6.07, 6.45) is 2.05. The van der Waals surface area contributed by atoms with Gasteiger partial charge in [0.05, 0.1) is 29.4 Å². The highest BCUT2D eigenvalue weighted by atomic mass is 79.9. The lowest BCUT2D eigenvalue weighted by molar-refractivity contribution is -0.133. The molecule has 7 heteroatoms. The Bertz CT molecular complexity index is 668. The van der Waals surface area contributed by atoms with Crippen molar-refractivity contribution in [3.05, 3.63) is 22.7 Å². The van der Waals surface area contributed by atoms with E-state index in [9.17, 15) is 4.79 Å². The second-order valence-electron chi connectivity index (χ2n) is 4.95. The van der Waals surface area contributed by atoms with Crippen molar-refractivity contribution in [3.63, 3.8) is 0 Å². The van der Waals surface area contributed by atoms with Gasteiger partial charge >= 0.3 is 5.97 Å². The standard InChI is InChI=1S/C14H15BrN2O3S/c15-9-3-4-12-11(6-9)16-14(21-8-13(18)19)17(12)10-2-1-5-20-7-10/h3-4,6,10H,1-2,5,7-8H2,(H,18,19). The Morgan fingerprint density at radius 3 is 3.14 bits per heavy atom. The molecule has 3 rings (SSSR count). The third-order valence-corrected chi connectivity index (χ3v) is 4.88. The van der Waals surface area contributed by atoms with E-state index in [0.29, 0.717) is 6.61 Å². The summed E-state index contributed by atoms with van der Waals surface area (Å²) in [5.41, 5.74) is 1.91. The molecule has 1 atom stereocenters. The lowest BCUT2D eigenvalue weighted by atomic mass is 10.1. The summed E-state index contributed by atoms with van der Waals surface area (Å²) in [5, 5.41) is 9.66. The molecule has 112 valence electrons. The van der Waals surface area contributed by atoms with Crippen molar-refractivity contribution in [1.29, 1.82) is 0 Å². The monoisotopic (exact) mass is 370 g/mol. The summed E-state index contributed by atoms with van der Waals surface area (Å²) in [7, 11) is 0. The van der Waals surface area contributed by atoms with Crippen LogP contribution in [0.25, 0.3) is 11.0 Å². The zero-order valence-corrected chi connectivity index (χ0v) is 13.7. The van der Waals surface area contributed by atoms with Crippen LogP contribution in [-0.2, 0) is 9.53 Å². The molecule has 0 radical (unpaired) electrons. The zero-order chi connectivity index (χ0) is 14.8. The van der Waals surface area contributed by atoms with Gasteiger partial charge in [0.15, 0.2) is 5.16 Å². The maximum atomic E-state index is 10.8. The van der Waals surface area contributed by atoms with Crippen LogP contribution in [-0.4, -0.2) is 39.6 Å². The summed E-state index contributed by atoms with van der Waals surface area (Å²) in [6, 6.07) is 6.18. The number of fused-ring (bicyclic) bond motifs is 1. The van der Waals surface area contributed by atoms with Gasteiger partial charge in [0.2, 0.25) is 0 Å². The van der Waals surface area contributed by atoms with Crippen molar-refractivity contribution < 1.29 is 14.6 Å². The molecule has 21 heavy (non-hydrogen) atoms. The predicted octanol–water partition coefficient (Wildman–Crippen LogP) is 3.33. The Kier molecular flexibility index (Phi) is 4.51. The number of ether oxygens (including phenoxy) is 1. The smallest absolute Gasteiger partial charge is 0.313 e. The lowest BCUT2D eigenvalue weighted by Crippen LogP contribution is -2.22. The molecule has 1 aliphatic heterocycles. The Labute approximate surface area is 134 Å². The van der Waals surface area contributed by atoms with Crippen molar-refractivity contribution in [3.8, 4) is 0 Å². The van der Waals surface area contributed by atoms with Gasteiger partial charge in [-0.3, -0.25) is 4.79 Å². The fraction of sp³-hybridized carbons (Fsp3) is 0.429. The minimum atomic E-state index is -0.834. The van der Waals surface area contributed by atoms with Crippen molar-refractivity contribution in [2.45, 2.75) is 24.0 Å². The number of hydrogen-bond acceptors (Lipinski definition) is 4. The second kappa shape index (κ2) is 6.37. The number of carboxylic acids is 1. The summed E-state index contributed by atoms with van der Waals surface area (Å²) in [5.74, 6) is -0.822. The third kappa shape index (κ3) is 3.25. The molecule has 1 aliphatic rings. The van der Waals surface area contributed by atoms with Crippen LogP contribution in [0.3, 0.4) is 0 Å². The van der Waals surface area contributed by atoms with E-state index < -0.39 is 5.97 Å². The maximum Gasteiger partial charge on any atom is 0.313 e. The van der Waals surface area contributed by atoms with Gasteiger partial charge in [-0.25, -0.2) is 4.98 Å². The fourth-order valence-corrected chi connectivity index (χ4v) is 3.71. The zero-order valence-electron chi connectivity index (χ0n) is 11.3. The van der Waals surface area contributed by atoms with Crippen LogP contribution in [0, 0.1) is 0 Å². The molecule has 1 aromatic heterocycles. The molecule has 0 amide bonds. The molecule has 0 aliphatic carbocycles. The number of nitrogens with zero attached hydrogens (tertiary/aromatic N) is 2. The largest absolute Gasteiger partial charge is 0.481 e. The lowest BCUT2D eigenvalue weighted by Gasteiger charge is -2.25. The number of benzene rings is 1. The Balaban J connectivity index is 2.03.